The van der Waals surface area contributed by atoms with Crippen molar-refractivity contribution in [3.8, 4) is 0 Å². The van der Waals surface area contributed by atoms with Gasteiger partial charge in [0.25, 0.3) is 0 Å². The first-order chi connectivity index (χ1) is 11.5. The zero-order chi connectivity index (χ0) is 17.4. The second-order valence-corrected chi connectivity index (χ2v) is 7.89. The van der Waals surface area contributed by atoms with Crippen LogP contribution in [0.1, 0.15) is 39.2 Å². The molecule has 1 saturated heterocycles. The van der Waals surface area contributed by atoms with E-state index in [9.17, 15) is 0 Å². The molecule has 1 aliphatic rings. The van der Waals surface area contributed by atoms with Gasteiger partial charge in [0, 0.05) is 32.6 Å². The number of hydrogen-bond donors (Lipinski definition) is 1. The van der Waals surface area contributed by atoms with E-state index in [1.807, 2.05) is 13.1 Å². The van der Waals surface area contributed by atoms with E-state index in [0.29, 0.717) is 17.9 Å². The van der Waals surface area contributed by atoms with Gasteiger partial charge < -0.3 is 15.0 Å². The molecule has 0 radical (unpaired) electrons. The predicted octanol–water partition coefficient (Wildman–Crippen LogP) is 3.54. The number of hydrogen-bond acceptors (Lipinski definition) is 2. The molecule has 0 saturated carbocycles. The summed E-state index contributed by atoms with van der Waals surface area (Å²) in [5.41, 5.74) is 1.59. The van der Waals surface area contributed by atoms with Gasteiger partial charge in [-0.3, -0.25) is 4.99 Å². The summed E-state index contributed by atoms with van der Waals surface area (Å²) in [4.78, 5) is 6.80. The van der Waals surface area contributed by atoms with E-state index < -0.39 is 0 Å². The Hall–Kier alpha value is -1.55. The van der Waals surface area contributed by atoms with Crippen molar-refractivity contribution in [2.24, 2.45) is 16.3 Å². The van der Waals surface area contributed by atoms with Crippen molar-refractivity contribution < 1.29 is 4.74 Å². The van der Waals surface area contributed by atoms with Gasteiger partial charge in [-0.25, -0.2) is 0 Å². The zero-order valence-corrected chi connectivity index (χ0v) is 15.7. The van der Waals surface area contributed by atoms with E-state index in [0.717, 1.165) is 38.6 Å². The van der Waals surface area contributed by atoms with Crippen molar-refractivity contribution >= 4 is 5.96 Å². The van der Waals surface area contributed by atoms with E-state index in [1.165, 1.54) is 12.0 Å². The van der Waals surface area contributed by atoms with Crippen LogP contribution in [0.4, 0.5) is 0 Å². The Labute approximate surface area is 147 Å². The van der Waals surface area contributed by atoms with E-state index in [2.05, 4.69) is 60.2 Å². The Bertz CT molecular complexity index is 507. The van der Waals surface area contributed by atoms with Crippen molar-refractivity contribution in [3.05, 3.63) is 35.9 Å². The molecule has 0 bridgehead atoms. The number of nitrogens with one attached hydrogen (secondary N) is 1. The molecule has 1 N–H and O–H groups in total. The lowest BCUT2D eigenvalue weighted by Crippen LogP contribution is -2.41. The predicted molar refractivity (Wildman–Crippen MR) is 101 cm³/mol. The number of ether oxygens (including phenoxy) is 1. The molecule has 134 valence electrons. The normalized spacial score (nSPS) is 18.9. The van der Waals surface area contributed by atoms with E-state index >= 15 is 0 Å². The van der Waals surface area contributed by atoms with Crippen LogP contribution in [-0.4, -0.2) is 44.1 Å². The Morgan fingerprint density at radius 1 is 1.29 bits per heavy atom. The molecule has 4 nitrogen and oxygen atoms in total. The maximum Gasteiger partial charge on any atom is 0.193 e. The minimum Gasteiger partial charge on any atom is -0.376 e. The van der Waals surface area contributed by atoms with Crippen LogP contribution in [-0.2, 0) is 11.3 Å². The number of likely N-dealkylation sites (tertiary alicyclic amines) is 1. The fraction of sp³-hybridized carbons (Fsp3) is 0.650. The van der Waals surface area contributed by atoms with Crippen LogP contribution < -0.4 is 5.32 Å². The zero-order valence-electron chi connectivity index (χ0n) is 15.7. The molecule has 0 aliphatic carbocycles. The number of nitrogens with zero attached hydrogens (tertiary/aromatic N) is 2. The molecule has 0 amide bonds. The lowest BCUT2D eigenvalue weighted by molar-refractivity contribution is 0.0906. The minimum absolute atomic E-state index is 0.352. The molecule has 1 aromatic rings. The first-order valence-electron chi connectivity index (χ1n) is 9.05. The summed E-state index contributed by atoms with van der Waals surface area (Å²) in [7, 11) is 1.87. The average Bonchev–Trinajstić information content (AvgIpc) is 3.00. The topological polar surface area (TPSA) is 36.9 Å². The van der Waals surface area contributed by atoms with Crippen molar-refractivity contribution in [2.75, 3.05) is 33.3 Å². The molecule has 4 heteroatoms. The highest BCUT2D eigenvalue weighted by Crippen LogP contribution is 2.19. The van der Waals surface area contributed by atoms with Gasteiger partial charge >= 0.3 is 0 Å². The quantitative estimate of drug-likeness (QED) is 0.640. The number of rotatable bonds is 6. The number of guanidine groups is 1. The van der Waals surface area contributed by atoms with Crippen LogP contribution in [0, 0.1) is 11.3 Å². The number of aliphatic imine (C=N–C) groups is 1. The molecular weight excluding hydrogens is 298 g/mol. The van der Waals surface area contributed by atoms with Crippen molar-refractivity contribution in [2.45, 2.75) is 40.2 Å². The highest BCUT2D eigenvalue weighted by molar-refractivity contribution is 5.80. The standard InChI is InChI=1S/C20H33N3O/c1-20(2,3)11-12-22-19(21-4)23-13-10-18(14-23)16-24-15-17-8-6-5-7-9-17/h5-9,18H,10-16H2,1-4H3,(H,21,22). The Morgan fingerprint density at radius 2 is 2.04 bits per heavy atom. The average molecular weight is 332 g/mol. The largest absolute Gasteiger partial charge is 0.376 e. The van der Waals surface area contributed by atoms with Crippen LogP contribution >= 0.6 is 0 Å². The van der Waals surface area contributed by atoms with Crippen molar-refractivity contribution in [3.63, 3.8) is 0 Å². The highest BCUT2D eigenvalue weighted by Gasteiger charge is 2.25. The van der Waals surface area contributed by atoms with Crippen LogP contribution in [0.15, 0.2) is 35.3 Å². The monoisotopic (exact) mass is 331 g/mol. The fourth-order valence-electron chi connectivity index (χ4n) is 2.96. The van der Waals surface area contributed by atoms with Gasteiger partial charge in [-0.05, 0) is 23.8 Å². The van der Waals surface area contributed by atoms with Crippen molar-refractivity contribution in [1.82, 2.24) is 10.2 Å². The van der Waals surface area contributed by atoms with E-state index in [-0.39, 0.29) is 0 Å². The maximum absolute atomic E-state index is 5.90. The molecule has 1 unspecified atom stereocenters. The van der Waals surface area contributed by atoms with Gasteiger partial charge in [0.15, 0.2) is 5.96 Å². The van der Waals surface area contributed by atoms with Crippen LogP contribution in [0.2, 0.25) is 0 Å². The molecule has 2 rings (SSSR count). The lowest BCUT2D eigenvalue weighted by Gasteiger charge is -2.24. The van der Waals surface area contributed by atoms with Crippen LogP contribution in [0.3, 0.4) is 0 Å². The molecule has 1 aromatic carbocycles. The summed E-state index contributed by atoms with van der Waals surface area (Å²) in [6, 6.07) is 10.4. The third-order valence-corrected chi connectivity index (χ3v) is 4.42. The van der Waals surface area contributed by atoms with Gasteiger partial charge in [-0.2, -0.15) is 0 Å². The van der Waals surface area contributed by atoms with Gasteiger partial charge in [0.1, 0.15) is 0 Å². The van der Waals surface area contributed by atoms with E-state index in [4.69, 9.17) is 4.74 Å². The Morgan fingerprint density at radius 3 is 2.71 bits per heavy atom. The summed E-state index contributed by atoms with van der Waals surface area (Å²) in [5, 5.41) is 3.51. The third kappa shape index (κ3) is 6.52. The van der Waals surface area contributed by atoms with Gasteiger partial charge in [-0.15, -0.1) is 0 Å². The summed E-state index contributed by atoms with van der Waals surface area (Å²) >= 11 is 0. The Balaban J connectivity index is 1.69. The molecule has 1 aliphatic heterocycles. The summed E-state index contributed by atoms with van der Waals surface area (Å²) in [6.07, 6.45) is 2.32. The Kier molecular flexibility index (Phi) is 7.10. The van der Waals surface area contributed by atoms with Crippen LogP contribution in [0.25, 0.3) is 0 Å². The minimum atomic E-state index is 0.352. The molecule has 1 atom stereocenters. The molecule has 1 fully saturated rings. The molecule has 0 spiro atoms. The second kappa shape index (κ2) is 9.07. The van der Waals surface area contributed by atoms with Gasteiger partial charge in [-0.1, -0.05) is 51.1 Å². The fourth-order valence-corrected chi connectivity index (χ4v) is 2.96. The molecule has 0 aromatic heterocycles. The van der Waals surface area contributed by atoms with Crippen molar-refractivity contribution in [1.29, 1.82) is 0 Å². The van der Waals surface area contributed by atoms with E-state index in [1.54, 1.807) is 0 Å². The maximum atomic E-state index is 5.90. The highest BCUT2D eigenvalue weighted by atomic mass is 16.5. The summed E-state index contributed by atoms with van der Waals surface area (Å²) in [6.45, 7) is 11.4. The lowest BCUT2D eigenvalue weighted by atomic mass is 9.92. The third-order valence-electron chi connectivity index (χ3n) is 4.42. The SMILES string of the molecule is CN=C(NCCC(C)(C)C)N1CCC(COCc2ccccc2)C1. The molecule has 1 heterocycles. The molecular formula is C20H33N3O. The van der Waals surface area contributed by atoms with Crippen LogP contribution in [0.5, 0.6) is 0 Å². The first kappa shape index (κ1) is 18.8. The first-order valence-corrected chi connectivity index (χ1v) is 9.05. The summed E-state index contributed by atoms with van der Waals surface area (Å²) < 4.78 is 5.90. The van der Waals surface area contributed by atoms with Gasteiger partial charge in [0.05, 0.1) is 13.2 Å². The number of benzene rings is 1. The van der Waals surface area contributed by atoms with Gasteiger partial charge in [0.2, 0.25) is 0 Å². The summed E-state index contributed by atoms with van der Waals surface area (Å²) in [5.74, 6) is 1.62. The smallest absolute Gasteiger partial charge is 0.193 e. The molecule has 24 heavy (non-hydrogen) atoms. The second-order valence-electron chi connectivity index (χ2n) is 7.89.